The Morgan fingerprint density at radius 3 is 2.56 bits per heavy atom. The van der Waals surface area contributed by atoms with Gasteiger partial charge in [0.25, 0.3) is 0 Å². The van der Waals surface area contributed by atoms with E-state index in [1.165, 1.54) is 0 Å². The lowest BCUT2D eigenvalue weighted by Gasteiger charge is -2.20. The third kappa shape index (κ3) is 5.38. The molecule has 0 fully saturated rings. The van der Waals surface area contributed by atoms with E-state index >= 15 is 0 Å². The van der Waals surface area contributed by atoms with Gasteiger partial charge in [-0.15, -0.1) is 12.4 Å². The zero-order chi connectivity index (χ0) is 12.8. The van der Waals surface area contributed by atoms with Crippen molar-refractivity contribution in [2.75, 3.05) is 20.2 Å². The van der Waals surface area contributed by atoms with Gasteiger partial charge in [0.1, 0.15) is 6.61 Å². The average Bonchev–Trinajstić information content (AvgIpc) is 2.29. The molecule has 0 amide bonds. The molecule has 0 bridgehead atoms. The van der Waals surface area contributed by atoms with Gasteiger partial charge in [-0.2, -0.15) is 0 Å². The first-order valence-corrected chi connectivity index (χ1v) is 6.43. The Morgan fingerprint density at radius 1 is 1.39 bits per heavy atom. The Morgan fingerprint density at radius 2 is 2.00 bits per heavy atom. The first-order valence-electron chi connectivity index (χ1n) is 5.64. The quantitative estimate of drug-likeness (QED) is 0.772. The summed E-state index contributed by atoms with van der Waals surface area (Å²) in [6.45, 7) is 5.37. The monoisotopic (exact) mass is 335 g/mol. The molecule has 1 aromatic carbocycles. The van der Waals surface area contributed by atoms with Crippen LogP contribution in [0.1, 0.15) is 24.2 Å². The minimum absolute atomic E-state index is 0. The largest absolute Gasteiger partial charge is 0.461 e. The Hall–Kier alpha value is -0.580. The standard InChI is InChI=1S/C13H18BrNO2.ClH/c1-10(2)15(3)8-9-17-13(16)11-6-4-5-7-12(11)14;/h4-7,10H,8-9H2,1-3H3;1H. The van der Waals surface area contributed by atoms with Crippen LogP contribution in [0.25, 0.3) is 0 Å². The molecule has 0 saturated carbocycles. The first-order chi connectivity index (χ1) is 8.02. The number of likely N-dealkylation sites (N-methyl/N-ethyl adjacent to an activating group) is 1. The van der Waals surface area contributed by atoms with Crippen LogP contribution in [0.3, 0.4) is 0 Å². The highest BCUT2D eigenvalue weighted by molar-refractivity contribution is 9.10. The van der Waals surface area contributed by atoms with Crippen molar-refractivity contribution in [2.24, 2.45) is 0 Å². The van der Waals surface area contributed by atoms with Crippen molar-refractivity contribution >= 4 is 34.3 Å². The van der Waals surface area contributed by atoms with Crippen LogP contribution in [0, 0.1) is 0 Å². The van der Waals surface area contributed by atoms with Gasteiger partial charge in [0.05, 0.1) is 5.56 Å². The maximum Gasteiger partial charge on any atom is 0.339 e. The molecule has 0 spiro atoms. The molecule has 0 aliphatic carbocycles. The van der Waals surface area contributed by atoms with Crippen LogP contribution in [-0.4, -0.2) is 37.1 Å². The highest BCUT2D eigenvalue weighted by Gasteiger charge is 2.11. The molecule has 0 saturated heterocycles. The van der Waals surface area contributed by atoms with Gasteiger partial charge in [-0.3, -0.25) is 0 Å². The van der Waals surface area contributed by atoms with E-state index in [0.717, 1.165) is 11.0 Å². The normalized spacial score (nSPS) is 10.3. The van der Waals surface area contributed by atoms with Gasteiger partial charge in [0.2, 0.25) is 0 Å². The van der Waals surface area contributed by atoms with Crippen LogP contribution in [-0.2, 0) is 4.74 Å². The maximum absolute atomic E-state index is 11.7. The fraction of sp³-hybridized carbons (Fsp3) is 0.462. The zero-order valence-electron chi connectivity index (χ0n) is 10.9. The number of ether oxygens (including phenoxy) is 1. The van der Waals surface area contributed by atoms with Crippen LogP contribution in [0.5, 0.6) is 0 Å². The second kappa shape index (κ2) is 8.51. The molecule has 0 aromatic heterocycles. The Kier molecular flexibility index (Phi) is 8.24. The van der Waals surface area contributed by atoms with E-state index in [-0.39, 0.29) is 18.4 Å². The summed E-state index contributed by atoms with van der Waals surface area (Å²) in [5.74, 6) is -0.283. The number of nitrogens with zero attached hydrogens (tertiary/aromatic N) is 1. The summed E-state index contributed by atoms with van der Waals surface area (Å²) in [6, 6.07) is 7.72. The summed E-state index contributed by atoms with van der Waals surface area (Å²) in [5.41, 5.74) is 0.569. The first kappa shape index (κ1) is 17.4. The third-order valence-corrected chi connectivity index (χ3v) is 3.34. The molecule has 0 heterocycles. The van der Waals surface area contributed by atoms with Crippen LogP contribution >= 0.6 is 28.3 Å². The highest BCUT2D eigenvalue weighted by atomic mass is 79.9. The fourth-order valence-electron chi connectivity index (χ4n) is 1.25. The number of carbonyl (C=O) groups is 1. The predicted molar refractivity (Wildman–Crippen MR) is 79.4 cm³/mol. The Balaban J connectivity index is 0.00000289. The van der Waals surface area contributed by atoms with Gasteiger partial charge < -0.3 is 9.64 Å². The van der Waals surface area contributed by atoms with Gasteiger partial charge >= 0.3 is 5.97 Å². The highest BCUT2D eigenvalue weighted by Crippen LogP contribution is 2.16. The molecule has 102 valence electrons. The van der Waals surface area contributed by atoms with Crippen LogP contribution < -0.4 is 0 Å². The number of rotatable bonds is 5. The predicted octanol–water partition coefficient (Wildman–Crippen LogP) is 3.37. The van der Waals surface area contributed by atoms with Crippen molar-refractivity contribution in [1.29, 1.82) is 0 Å². The number of hydrogen-bond donors (Lipinski definition) is 0. The van der Waals surface area contributed by atoms with E-state index in [1.54, 1.807) is 6.07 Å². The smallest absolute Gasteiger partial charge is 0.339 e. The van der Waals surface area contributed by atoms with Crippen molar-refractivity contribution in [1.82, 2.24) is 4.90 Å². The minimum atomic E-state index is -0.283. The van der Waals surface area contributed by atoms with Crippen molar-refractivity contribution in [3.8, 4) is 0 Å². The number of esters is 1. The van der Waals surface area contributed by atoms with Gasteiger partial charge in [0.15, 0.2) is 0 Å². The zero-order valence-corrected chi connectivity index (χ0v) is 13.3. The summed E-state index contributed by atoms with van der Waals surface area (Å²) in [4.78, 5) is 13.9. The molecule has 18 heavy (non-hydrogen) atoms. The summed E-state index contributed by atoms with van der Waals surface area (Å²) < 4.78 is 5.99. The van der Waals surface area contributed by atoms with E-state index in [9.17, 15) is 4.79 Å². The summed E-state index contributed by atoms with van der Waals surface area (Å²) in [6.07, 6.45) is 0. The van der Waals surface area contributed by atoms with Crippen molar-refractivity contribution < 1.29 is 9.53 Å². The Labute approximate surface area is 123 Å². The van der Waals surface area contributed by atoms with Crippen LogP contribution in [0.15, 0.2) is 28.7 Å². The van der Waals surface area contributed by atoms with E-state index in [1.807, 2.05) is 25.2 Å². The maximum atomic E-state index is 11.7. The third-order valence-electron chi connectivity index (χ3n) is 2.65. The second-order valence-electron chi connectivity index (χ2n) is 4.19. The molecule has 0 unspecified atom stereocenters. The molecular weight excluding hydrogens is 318 g/mol. The molecule has 0 aliphatic heterocycles. The van der Waals surface area contributed by atoms with Crippen molar-refractivity contribution in [2.45, 2.75) is 19.9 Å². The topological polar surface area (TPSA) is 29.5 Å². The minimum Gasteiger partial charge on any atom is -0.461 e. The molecule has 1 rings (SSSR count). The van der Waals surface area contributed by atoms with Crippen molar-refractivity contribution in [3.05, 3.63) is 34.3 Å². The number of halogens is 2. The molecule has 3 nitrogen and oxygen atoms in total. The summed E-state index contributed by atoms with van der Waals surface area (Å²) >= 11 is 3.33. The number of benzene rings is 1. The lowest BCUT2D eigenvalue weighted by molar-refractivity contribution is 0.0460. The second-order valence-corrected chi connectivity index (χ2v) is 5.04. The lowest BCUT2D eigenvalue weighted by atomic mass is 10.2. The molecule has 0 aliphatic rings. The molecule has 0 N–H and O–H groups in total. The van der Waals surface area contributed by atoms with Gasteiger partial charge in [-0.25, -0.2) is 4.79 Å². The molecule has 0 atom stereocenters. The van der Waals surface area contributed by atoms with Gasteiger partial charge in [-0.05, 0) is 49.0 Å². The Bertz CT molecular complexity index is 385. The summed E-state index contributed by atoms with van der Waals surface area (Å²) in [7, 11) is 2.01. The van der Waals surface area contributed by atoms with Gasteiger partial charge in [-0.1, -0.05) is 12.1 Å². The van der Waals surface area contributed by atoms with E-state index in [4.69, 9.17) is 4.74 Å². The van der Waals surface area contributed by atoms with E-state index in [2.05, 4.69) is 34.7 Å². The molecule has 1 aromatic rings. The average molecular weight is 337 g/mol. The van der Waals surface area contributed by atoms with E-state index < -0.39 is 0 Å². The fourth-order valence-corrected chi connectivity index (χ4v) is 1.69. The summed E-state index contributed by atoms with van der Waals surface area (Å²) in [5, 5.41) is 0. The lowest BCUT2D eigenvalue weighted by Crippen LogP contribution is -2.30. The van der Waals surface area contributed by atoms with Crippen LogP contribution in [0.4, 0.5) is 0 Å². The molecular formula is C13H19BrClNO2. The molecule has 5 heteroatoms. The number of carbonyl (C=O) groups excluding carboxylic acids is 1. The van der Waals surface area contributed by atoms with E-state index in [0.29, 0.717) is 18.2 Å². The van der Waals surface area contributed by atoms with Crippen molar-refractivity contribution in [3.63, 3.8) is 0 Å². The van der Waals surface area contributed by atoms with Gasteiger partial charge in [0, 0.05) is 17.1 Å². The number of hydrogen-bond acceptors (Lipinski definition) is 3. The SMILES string of the molecule is CC(C)N(C)CCOC(=O)c1ccccc1Br.Cl. The van der Waals surface area contributed by atoms with Crippen LogP contribution in [0.2, 0.25) is 0 Å². The molecule has 0 radical (unpaired) electrons.